The zero-order valence-electron chi connectivity index (χ0n) is 12.6. The van der Waals surface area contributed by atoms with Crippen molar-refractivity contribution in [2.24, 2.45) is 0 Å². The van der Waals surface area contributed by atoms with Gasteiger partial charge in [0.25, 0.3) is 0 Å². The Kier molecular flexibility index (Phi) is 6.27. The molecule has 1 unspecified atom stereocenters. The predicted octanol–water partition coefficient (Wildman–Crippen LogP) is 4.74. The van der Waals surface area contributed by atoms with Gasteiger partial charge in [0, 0.05) is 10.5 Å². The molecule has 0 heterocycles. The SMILES string of the molecule is CCC(NCCc1cccc(OC)c1)c1cccc(Br)c1. The molecule has 0 spiro atoms. The van der Waals surface area contributed by atoms with Crippen molar-refractivity contribution < 1.29 is 4.74 Å². The highest BCUT2D eigenvalue weighted by Gasteiger charge is 2.08. The predicted molar refractivity (Wildman–Crippen MR) is 91.9 cm³/mol. The first-order chi connectivity index (χ1) is 10.2. The van der Waals surface area contributed by atoms with Crippen LogP contribution in [0.15, 0.2) is 53.0 Å². The molecule has 112 valence electrons. The maximum Gasteiger partial charge on any atom is 0.119 e. The second-order valence-electron chi connectivity index (χ2n) is 5.07. The van der Waals surface area contributed by atoms with Gasteiger partial charge >= 0.3 is 0 Å². The van der Waals surface area contributed by atoms with Crippen molar-refractivity contribution in [1.29, 1.82) is 0 Å². The van der Waals surface area contributed by atoms with E-state index in [1.807, 2.05) is 12.1 Å². The molecule has 2 nitrogen and oxygen atoms in total. The van der Waals surface area contributed by atoms with Gasteiger partial charge in [-0.1, -0.05) is 47.1 Å². The second-order valence-corrected chi connectivity index (χ2v) is 5.99. The number of hydrogen-bond acceptors (Lipinski definition) is 2. The molecule has 3 heteroatoms. The first kappa shape index (κ1) is 16.1. The van der Waals surface area contributed by atoms with Gasteiger partial charge in [-0.3, -0.25) is 0 Å². The summed E-state index contributed by atoms with van der Waals surface area (Å²) in [4.78, 5) is 0. The van der Waals surface area contributed by atoms with E-state index in [1.54, 1.807) is 7.11 Å². The summed E-state index contributed by atoms with van der Waals surface area (Å²) in [7, 11) is 1.71. The molecule has 0 saturated heterocycles. The van der Waals surface area contributed by atoms with Crippen LogP contribution in [0.1, 0.15) is 30.5 Å². The Balaban J connectivity index is 1.91. The molecule has 0 aliphatic heterocycles. The molecule has 0 aliphatic rings. The van der Waals surface area contributed by atoms with Crippen LogP contribution in [0.2, 0.25) is 0 Å². The fourth-order valence-corrected chi connectivity index (χ4v) is 2.86. The smallest absolute Gasteiger partial charge is 0.119 e. The third-order valence-electron chi connectivity index (χ3n) is 3.60. The summed E-state index contributed by atoms with van der Waals surface area (Å²) in [5, 5.41) is 3.64. The zero-order valence-corrected chi connectivity index (χ0v) is 14.2. The van der Waals surface area contributed by atoms with E-state index in [1.165, 1.54) is 11.1 Å². The largest absolute Gasteiger partial charge is 0.497 e. The third-order valence-corrected chi connectivity index (χ3v) is 4.09. The van der Waals surface area contributed by atoms with E-state index in [0.29, 0.717) is 6.04 Å². The third kappa shape index (κ3) is 4.87. The fraction of sp³-hybridized carbons (Fsp3) is 0.333. The Bertz CT molecular complexity index is 571. The maximum absolute atomic E-state index is 5.26. The van der Waals surface area contributed by atoms with Gasteiger partial charge in [-0.05, 0) is 54.8 Å². The molecule has 0 aromatic heterocycles. The van der Waals surface area contributed by atoms with Gasteiger partial charge in [0.2, 0.25) is 0 Å². The van der Waals surface area contributed by atoms with E-state index in [4.69, 9.17) is 4.74 Å². The first-order valence-electron chi connectivity index (χ1n) is 7.34. The summed E-state index contributed by atoms with van der Waals surface area (Å²) in [5.74, 6) is 0.923. The van der Waals surface area contributed by atoms with E-state index in [-0.39, 0.29) is 0 Å². The van der Waals surface area contributed by atoms with Crippen LogP contribution in [-0.2, 0) is 6.42 Å². The number of methoxy groups -OCH3 is 1. The van der Waals surface area contributed by atoms with Crippen molar-refractivity contribution in [3.63, 3.8) is 0 Å². The molecule has 1 atom stereocenters. The Hall–Kier alpha value is -1.32. The van der Waals surface area contributed by atoms with E-state index < -0.39 is 0 Å². The van der Waals surface area contributed by atoms with Gasteiger partial charge in [0.15, 0.2) is 0 Å². The Morgan fingerprint density at radius 1 is 1.14 bits per heavy atom. The van der Waals surface area contributed by atoms with Crippen LogP contribution in [0.3, 0.4) is 0 Å². The first-order valence-corrected chi connectivity index (χ1v) is 8.14. The van der Waals surface area contributed by atoms with Crippen molar-refractivity contribution in [2.75, 3.05) is 13.7 Å². The minimum atomic E-state index is 0.396. The maximum atomic E-state index is 5.26. The van der Waals surface area contributed by atoms with E-state index in [0.717, 1.165) is 29.6 Å². The van der Waals surface area contributed by atoms with Crippen molar-refractivity contribution in [3.05, 3.63) is 64.1 Å². The number of benzene rings is 2. The highest BCUT2D eigenvalue weighted by molar-refractivity contribution is 9.10. The van der Waals surface area contributed by atoms with Gasteiger partial charge in [0.1, 0.15) is 5.75 Å². The molecule has 0 amide bonds. The normalized spacial score (nSPS) is 12.1. The fourth-order valence-electron chi connectivity index (χ4n) is 2.44. The second kappa shape index (κ2) is 8.20. The summed E-state index contributed by atoms with van der Waals surface area (Å²) in [6.45, 7) is 3.17. The molecule has 2 aromatic rings. The Labute approximate surface area is 135 Å². The molecular weight excluding hydrogens is 326 g/mol. The average molecular weight is 348 g/mol. The number of halogens is 1. The highest BCUT2D eigenvalue weighted by atomic mass is 79.9. The molecule has 2 aromatic carbocycles. The Morgan fingerprint density at radius 3 is 2.67 bits per heavy atom. The molecule has 0 fully saturated rings. The number of nitrogens with one attached hydrogen (secondary N) is 1. The van der Waals surface area contributed by atoms with Crippen LogP contribution >= 0.6 is 15.9 Å². The minimum Gasteiger partial charge on any atom is -0.497 e. The van der Waals surface area contributed by atoms with Gasteiger partial charge in [-0.2, -0.15) is 0 Å². The quantitative estimate of drug-likeness (QED) is 0.780. The molecule has 1 N–H and O–H groups in total. The van der Waals surface area contributed by atoms with Gasteiger partial charge in [-0.15, -0.1) is 0 Å². The van der Waals surface area contributed by atoms with Crippen molar-refractivity contribution in [2.45, 2.75) is 25.8 Å². The molecule has 0 aliphatic carbocycles. The van der Waals surface area contributed by atoms with Crippen molar-refractivity contribution >= 4 is 15.9 Å². The lowest BCUT2D eigenvalue weighted by Crippen LogP contribution is -2.23. The monoisotopic (exact) mass is 347 g/mol. The lowest BCUT2D eigenvalue weighted by atomic mass is 10.0. The van der Waals surface area contributed by atoms with Crippen LogP contribution in [0.25, 0.3) is 0 Å². The van der Waals surface area contributed by atoms with Gasteiger partial charge < -0.3 is 10.1 Å². The lowest BCUT2D eigenvalue weighted by molar-refractivity contribution is 0.414. The summed E-state index contributed by atoms with van der Waals surface area (Å²) in [5.41, 5.74) is 2.63. The molecule has 0 bridgehead atoms. The summed E-state index contributed by atoms with van der Waals surface area (Å²) in [6.07, 6.45) is 2.08. The Morgan fingerprint density at radius 2 is 1.95 bits per heavy atom. The van der Waals surface area contributed by atoms with Crippen LogP contribution in [-0.4, -0.2) is 13.7 Å². The number of rotatable bonds is 7. The van der Waals surface area contributed by atoms with Crippen LogP contribution in [0.5, 0.6) is 5.75 Å². The van der Waals surface area contributed by atoms with Crippen LogP contribution < -0.4 is 10.1 Å². The van der Waals surface area contributed by atoms with Crippen molar-refractivity contribution in [3.8, 4) is 5.75 Å². The highest BCUT2D eigenvalue weighted by Crippen LogP contribution is 2.20. The zero-order chi connectivity index (χ0) is 15.1. The van der Waals surface area contributed by atoms with E-state index >= 15 is 0 Å². The lowest BCUT2D eigenvalue weighted by Gasteiger charge is -2.18. The topological polar surface area (TPSA) is 21.3 Å². The van der Waals surface area contributed by atoms with Gasteiger partial charge in [-0.25, -0.2) is 0 Å². The standard InChI is InChI=1S/C18H22BrNO/c1-3-18(15-7-5-8-16(19)13-15)20-11-10-14-6-4-9-17(12-14)21-2/h4-9,12-13,18,20H,3,10-11H2,1-2H3. The van der Waals surface area contributed by atoms with Gasteiger partial charge in [0.05, 0.1) is 7.11 Å². The molecule has 21 heavy (non-hydrogen) atoms. The van der Waals surface area contributed by atoms with E-state index in [9.17, 15) is 0 Å². The summed E-state index contributed by atoms with van der Waals surface area (Å²) >= 11 is 3.54. The summed E-state index contributed by atoms with van der Waals surface area (Å²) in [6, 6.07) is 17.2. The van der Waals surface area contributed by atoms with Crippen LogP contribution in [0.4, 0.5) is 0 Å². The minimum absolute atomic E-state index is 0.396. The van der Waals surface area contributed by atoms with E-state index in [2.05, 4.69) is 64.6 Å². The molecule has 0 saturated carbocycles. The average Bonchev–Trinajstić information content (AvgIpc) is 2.52. The molecule has 0 radical (unpaired) electrons. The van der Waals surface area contributed by atoms with Crippen molar-refractivity contribution in [1.82, 2.24) is 5.32 Å². The number of ether oxygens (including phenoxy) is 1. The summed E-state index contributed by atoms with van der Waals surface area (Å²) < 4.78 is 6.39. The molecular formula is C18H22BrNO. The number of hydrogen-bond donors (Lipinski definition) is 1. The van der Waals surface area contributed by atoms with Crippen LogP contribution in [0, 0.1) is 0 Å². The molecule has 2 rings (SSSR count).